The third-order valence-electron chi connectivity index (χ3n) is 7.62. The zero-order chi connectivity index (χ0) is 22.2. The number of rotatable bonds is 1. The lowest BCUT2D eigenvalue weighted by atomic mass is 9.78. The molecule has 0 aliphatic heterocycles. The van der Waals surface area contributed by atoms with Gasteiger partial charge >= 0.3 is 0 Å². The van der Waals surface area contributed by atoms with Crippen LogP contribution in [-0.4, -0.2) is 0 Å². The lowest BCUT2D eigenvalue weighted by Gasteiger charge is -2.25. The van der Waals surface area contributed by atoms with E-state index >= 15 is 0 Å². The molecule has 0 nitrogen and oxygen atoms in total. The maximum Gasteiger partial charge on any atom is 0.0165 e. The van der Waals surface area contributed by atoms with E-state index in [9.17, 15) is 0 Å². The van der Waals surface area contributed by atoms with Crippen molar-refractivity contribution in [2.24, 2.45) is 0 Å². The van der Waals surface area contributed by atoms with Crippen LogP contribution in [0.3, 0.4) is 0 Å². The zero-order valence-electron chi connectivity index (χ0n) is 18.9. The Hall–Kier alpha value is -3.90. The van der Waals surface area contributed by atoms with Crippen molar-refractivity contribution < 1.29 is 0 Å². The van der Waals surface area contributed by atoms with Gasteiger partial charge in [-0.15, -0.1) is 0 Å². The van der Waals surface area contributed by atoms with Gasteiger partial charge in [-0.3, -0.25) is 0 Å². The molecular weight excluding hydrogens is 396 g/mol. The summed E-state index contributed by atoms with van der Waals surface area (Å²) in [5.41, 5.74) is 8.24. The highest BCUT2D eigenvalue weighted by Crippen LogP contribution is 2.53. The van der Waals surface area contributed by atoms with Crippen LogP contribution < -0.4 is 0 Å². The molecule has 0 aromatic heterocycles. The molecule has 0 spiro atoms. The van der Waals surface area contributed by atoms with Crippen LogP contribution in [0.5, 0.6) is 0 Å². The lowest BCUT2D eigenvalue weighted by molar-refractivity contribution is 0.662. The molecule has 1 aliphatic carbocycles. The first-order chi connectivity index (χ1) is 16.1. The fourth-order valence-electron chi connectivity index (χ4n) is 6.17. The van der Waals surface area contributed by atoms with Crippen LogP contribution in [0, 0.1) is 0 Å². The Morgan fingerprint density at radius 1 is 0.455 bits per heavy atom. The first kappa shape index (κ1) is 18.7. The highest BCUT2D eigenvalue weighted by Gasteiger charge is 2.37. The Balaban J connectivity index is 1.62. The van der Waals surface area contributed by atoms with E-state index in [2.05, 4.69) is 123 Å². The molecule has 0 atom stereocenters. The molecule has 6 aromatic carbocycles. The normalized spacial score (nSPS) is 14.0. The van der Waals surface area contributed by atoms with E-state index in [0.29, 0.717) is 0 Å². The summed E-state index contributed by atoms with van der Waals surface area (Å²) in [7, 11) is 0. The zero-order valence-corrected chi connectivity index (χ0v) is 18.9. The summed E-state index contributed by atoms with van der Waals surface area (Å²) in [6.07, 6.45) is 0. The molecule has 0 amide bonds. The summed E-state index contributed by atoms with van der Waals surface area (Å²) in [5.74, 6) is 0. The molecule has 0 bridgehead atoms. The summed E-state index contributed by atoms with van der Waals surface area (Å²) < 4.78 is 0. The Morgan fingerprint density at radius 3 is 1.91 bits per heavy atom. The number of benzene rings is 6. The second-order valence-corrected chi connectivity index (χ2v) is 9.75. The smallest absolute Gasteiger partial charge is 0.0165 e. The van der Waals surface area contributed by atoms with Crippen LogP contribution in [0.25, 0.3) is 54.6 Å². The number of fused-ring (bicyclic) bond motifs is 8. The average molecular weight is 421 g/mol. The maximum absolute atomic E-state index is 2.42. The van der Waals surface area contributed by atoms with Gasteiger partial charge in [-0.05, 0) is 71.8 Å². The maximum atomic E-state index is 2.42. The quantitative estimate of drug-likeness (QED) is 0.233. The summed E-state index contributed by atoms with van der Waals surface area (Å²) in [5, 5.41) is 7.91. The minimum Gasteiger partial charge on any atom is -0.0619 e. The van der Waals surface area contributed by atoms with Crippen LogP contribution in [0.4, 0.5) is 0 Å². The van der Waals surface area contributed by atoms with Crippen molar-refractivity contribution in [3.05, 3.63) is 120 Å². The molecule has 6 aromatic rings. The van der Waals surface area contributed by atoms with Crippen molar-refractivity contribution >= 4 is 32.3 Å². The average Bonchev–Trinajstić information content (AvgIpc) is 3.10. The molecule has 0 saturated heterocycles. The van der Waals surface area contributed by atoms with Gasteiger partial charge in [0.15, 0.2) is 0 Å². The summed E-state index contributed by atoms with van der Waals surface area (Å²) in [6.45, 7) is 4.75. The van der Waals surface area contributed by atoms with E-state index in [1.807, 2.05) is 0 Å². The molecule has 0 heterocycles. The second kappa shape index (κ2) is 6.56. The lowest BCUT2D eigenvalue weighted by Crippen LogP contribution is -2.16. The van der Waals surface area contributed by atoms with Gasteiger partial charge in [-0.2, -0.15) is 0 Å². The van der Waals surface area contributed by atoms with Crippen LogP contribution in [0.2, 0.25) is 0 Å². The van der Waals surface area contributed by atoms with Gasteiger partial charge in [0.1, 0.15) is 0 Å². The molecule has 1 aliphatic rings. The topological polar surface area (TPSA) is 0 Å². The monoisotopic (exact) mass is 420 g/mol. The molecule has 0 unspecified atom stereocenters. The van der Waals surface area contributed by atoms with Gasteiger partial charge in [0.25, 0.3) is 0 Å². The highest BCUT2D eigenvalue weighted by atomic mass is 14.4. The molecule has 0 saturated carbocycles. The van der Waals surface area contributed by atoms with Gasteiger partial charge < -0.3 is 0 Å². The SMILES string of the molecule is CC1(C)c2ccccc2-c2cccc(-c3cc4ccc5ccccc5c4c4ccccc34)c21. The fraction of sp³-hybridized carbons (Fsp3) is 0.0909. The number of hydrogen-bond acceptors (Lipinski definition) is 0. The van der Waals surface area contributed by atoms with Crippen LogP contribution in [0.15, 0.2) is 109 Å². The standard InChI is InChI=1S/C33H24/c1-33(2)30-17-8-7-13-25(30)27-15-9-16-28(32(27)33)29-20-22-19-18-21-10-3-4-11-23(21)31(22)26-14-6-5-12-24(26)29/h3-20H,1-2H3. The van der Waals surface area contributed by atoms with E-state index in [0.717, 1.165) is 0 Å². The van der Waals surface area contributed by atoms with Crippen molar-refractivity contribution in [3.63, 3.8) is 0 Å². The van der Waals surface area contributed by atoms with Crippen molar-refractivity contribution in [2.75, 3.05) is 0 Å². The number of hydrogen-bond donors (Lipinski definition) is 0. The minimum atomic E-state index is -0.0397. The Kier molecular flexibility index (Phi) is 3.71. The highest BCUT2D eigenvalue weighted by molar-refractivity contribution is 6.23. The van der Waals surface area contributed by atoms with E-state index < -0.39 is 0 Å². The molecule has 156 valence electrons. The molecule has 33 heavy (non-hydrogen) atoms. The minimum absolute atomic E-state index is 0.0397. The summed E-state index contributed by atoms with van der Waals surface area (Å²) >= 11 is 0. The third kappa shape index (κ3) is 2.47. The molecule has 0 N–H and O–H groups in total. The van der Waals surface area contributed by atoms with Crippen LogP contribution in [0.1, 0.15) is 25.0 Å². The van der Waals surface area contributed by atoms with E-state index in [1.54, 1.807) is 0 Å². The van der Waals surface area contributed by atoms with Crippen molar-refractivity contribution in [1.29, 1.82) is 0 Å². The largest absolute Gasteiger partial charge is 0.0619 e. The van der Waals surface area contributed by atoms with Gasteiger partial charge in [0.2, 0.25) is 0 Å². The molecule has 7 rings (SSSR count). The van der Waals surface area contributed by atoms with Crippen LogP contribution >= 0.6 is 0 Å². The molecule has 0 heteroatoms. The van der Waals surface area contributed by atoms with Gasteiger partial charge in [0.05, 0.1) is 0 Å². The first-order valence-corrected chi connectivity index (χ1v) is 11.7. The van der Waals surface area contributed by atoms with Crippen molar-refractivity contribution in [2.45, 2.75) is 19.3 Å². The van der Waals surface area contributed by atoms with E-state index in [-0.39, 0.29) is 5.41 Å². The Bertz CT molecular complexity index is 1730. The van der Waals surface area contributed by atoms with Gasteiger partial charge in [0, 0.05) is 5.41 Å². The van der Waals surface area contributed by atoms with Crippen molar-refractivity contribution in [3.8, 4) is 22.3 Å². The fourth-order valence-corrected chi connectivity index (χ4v) is 6.17. The third-order valence-corrected chi connectivity index (χ3v) is 7.62. The predicted octanol–water partition coefficient (Wildman–Crippen LogP) is 9.12. The molecular formula is C33H24. The summed E-state index contributed by atoms with van der Waals surface area (Å²) in [6, 6.07) is 40.4. The second-order valence-electron chi connectivity index (χ2n) is 9.75. The van der Waals surface area contributed by atoms with Gasteiger partial charge in [-0.25, -0.2) is 0 Å². The molecule has 0 fully saturated rings. The Morgan fingerprint density at radius 2 is 1.06 bits per heavy atom. The van der Waals surface area contributed by atoms with E-state index in [4.69, 9.17) is 0 Å². The van der Waals surface area contributed by atoms with Crippen LogP contribution in [-0.2, 0) is 5.41 Å². The predicted molar refractivity (Wildman–Crippen MR) is 142 cm³/mol. The Labute approximate surface area is 194 Å². The first-order valence-electron chi connectivity index (χ1n) is 11.7. The van der Waals surface area contributed by atoms with E-state index in [1.165, 1.54) is 65.7 Å². The molecule has 0 radical (unpaired) electrons. The van der Waals surface area contributed by atoms with Crippen molar-refractivity contribution in [1.82, 2.24) is 0 Å². The van der Waals surface area contributed by atoms with Gasteiger partial charge in [-0.1, -0.05) is 117 Å². The summed E-state index contributed by atoms with van der Waals surface area (Å²) in [4.78, 5) is 0.